The van der Waals surface area contributed by atoms with Crippen molar-refractivity contribution in [2.75, 3.05) is 6.54 Å². The first kappa shape index (κ1) is 10.1. The molecular formula is C14H21N3. The van der Waals surface area contributed by atoms with Crippen molar-refractivity contribution < 1.29 is 0 Å². The summed E-state index contributed by atoms with van der Waals surface area (Å²) in [4.78, 5) is 4.78. The maximum atomic E-state index is 4.78. The molecule has 3 aliphatic rings. The fourth-order valence-corrected chi connectivity index (χ4v) is 4.44. The highest BCUT2D eigenvalue weighted by Gasteiger charge is 2.41. The molecule has 2 fully saturated rings. The van der Waals surface area contributed by atoms with Gasteiger partial charge in [-0.05, 0) is 38.0 Å². The number of aromatic nitrogens is 2. The fraction of sp³-hybridized carbons (Fsp3) is 0.786. The molecule has 0 spiro atoms. The quantitative estimate of drug-likeness (QED) is 0.803. The Morgan fingerprint density at radius 1 is 1.29 bits per heavy atom. The molecule has 2 saturated carbocycles. The summed E-state index contributed by atoms with van der Waals surface area (Å²) in [5, 5.41) is 3.43. The molecule has 0 aromatic carbocycles. The van der Waals surface area contributed by atoms with Gasteiger partial charge in [0.15, 0.2) is 0 Å². The van der Waals surface area contributed by atoms with Gasteiger partial charge in [-0.3, -0.25) is 0 Å². The number of fused-ring (bicyclic) bond motifs is 3. The molecule has 1 N–H and O–H groups in total. The lowest BCUT2D eigenvalue weighted by atomic mass is 9.94. The van der Waals surface area contributed by atoms with Gasteiger partial charge in [0.2, 0.25) is 0 Å². The third-order valence-electron chi connectivity index (χ3n) is 5.13. The van der Waals surface area contributed by atoms with Crippen molar-refractivity contribution in [3.8, 4) is 0 Å². The number of imidazole rings is 1. The monoisotopic (exact) mass is 231 g/mol. The van der Waals surface area contributed by atoms with E-state index >= 15 is 0 Å². The van der Waals surface area contributed by atoms with Gasteiger partial charge >= 0.3 is 0 Å². The highest BCUT2D eigenvalue weighted by molar-refractivity contribution is 5.22. The van der Waals surface area contributed by atoms with Crippen LogP contribution >= 0.6 is 0 Å². The van der Waals surface area contributed by atoms with Gasteiger partial charge in [-0.2, -0.15) is 0 Å². The van der Waals surface area contributed by atoms with Crippen molar-refractivity contribution in [2.24, 2.45) is 11.8 Å². The van der Waals surface area contributed by atoms with Gasteiger partial charge in [0.25, 0.3) is 0 Å². The Kier molecular flexibility index (Phi) is 2.13. The SMILES string of the molecule is Cc1nc2c(n1C1CC3CCC1C3)CCNC2. The minimum Gasteiger partial charge on any atom is -0.329 e. The molecule has 17 heavy (non-hydrogen) atoms. The Hall–Kier alpha value is -0.830. The zero-order valence-corrected chi connectivity index (χ0v) is 10.6. The first-order valence-electron chi connectivity index (χ1n) is 7.10. The third kappa shape index (κ3) is 1.41. The Balaban J connectivity index is 1.75. The summed E-state index contributed by atoms with van der Waals surface area (Å²) in [6.45, 7) is 4.30. The highest BCUT2D eigenvalue weighted by Crippen LogP contribution is 2.51. The zero-order valence-electron chi connectivity index (χ0n) is 10.6. The van der Waals surface area contributed by atoms with Crippen LogP contribution in [0.25, 0.3) is 0 Å². The summed E-state index contributed by atoms with van der Waals surface area (Å²) >= 11 is 0. The van der Waals surface area contributed by atoms with Gasteiger partial charge < -0.3 is 9.88 Å². The van der Waals surface area contributed by atoms with Crippen molar-refractivity contribution in [1.29, 1.82) is 0 Å². The van der Waals surface area contributed by atoms with Gasteiger partial charge in [-0.25, -0.2) is 4.98 Å². The lowest BCUT2D eigenvalue weighted by Crippen LogP contribution is -2.27. The van der Waals surface area contributed by atoms with E-state index in [0.717, 1.165) is 31.0 Å². The molecule has 3 unspecified atom stereocenters. The lowest BCUT2D eigenvalue weighted by Gasteiger charge is -2.27. The van der Waals surface area contributed by atoms with Gasteiger partial charge in [-0.15, -0.1) is 0 Å². The molecule has 4 rings (SSSR count). The van der Waals surface area contributed by atoms with Gasteiger partial charge in [-0.1, -0.05) is 6.42 Å². The first-order valence-corrected chi connectivity index (χ1v) is 7.10. The molecule has 1 aromatic rings. The van der Waals surface area contributed by atoms with Crippen LogP contribution in [0.2, 0.25) is 0 Å². The summed E-state index contributed by atoms with van der Waals surface area (Å²) in [7, 11) is 0. The van der Waals surface area contributed by atoms with Crippen molar-refractivity contribution in [3.63, 3.8) is 0 Å². The Labute approximate surface area is 103 Å². The summed E-state index contributed by atoms with van der Waals surface area (Å²) in [5.74, 6) is 3.23. The Morgan fingerprint density at radius 2 is 2.24 bits per heavy atom. The molecule has 1 aliphatic heterocycles. The van der Waals surface area contributed by atoms with E-state index in [2.05, 4.69) is 16.8 Å². The average Bonchev–Trinajstić information content (AvgIpc) is 2.99. The molecule has 92 valence electrons. The molecule has 0 amide bonds. The maximum Gasteiger partial charge on any atom is 0.106 e. The zero-order chi connectivity index (χ0) is 11.4. The molecule has 2 heterocycles. The van der Waals surface area contributed by atoms with Crippen LogP contribution < -0.4 is 5.32 Å². The van der Waals surface area contributed by atoms with Crippen LogP contribution in [-0.2, 0) is 13.0 Å². The average molecular weight is 231 g/mol. The van der Waals surface area contributed by atoms with Crippen molar-refractivity contribution in [2.45, 2.75) is 51.6 Å². The third-order valence-corrected chi connectivity index (χ3v) is 5.13. The normalized spacial score (nSPS) is 35.2. The van der Waals surface area contributed by atoms with Crippen molar-refractivity contribution in [3.05, 3.63) is 17.2 Å². The fourth-order valence-electron chi connectivity index (χ4n) is 4.44. The standard InChI is InChI=1S/C14H21N3/c1-9-16-12-8-15-5-4-13(12)17(9)14-7-10-2-3-11(14)6-10/h10-11,14-15H,2-8H2,1H3. The van der Waals surface area contributed by atoms with E-state index in [1.54, 1.807) is 5.69 Å². The van der Waals surface area contributed by atoms with Crippen LogP contribution in [0, 0.1) is 18.8 Å². The number of nitrogens with zero attached hydrogens (tertiary/aromatic N) is 2. The van der Waals surface area contributed by atoms with Gasteiger partial charge in [0, 0.05) is 31.2 Å². The van der Waals surface area contributed by atoms with Crippen molar-refractivity contribution >= 4 is 0 Å². The van der Waals surface area contributed by atoms with Crippen LogP contribution in [0.15, 0.2) is 0 Å². The number of nitrogens with one attached hydrogen (secondary N) is 1. The van der Waals surface area contributed by atoms with Gasteiger partial charge in [0.05, 0.1) is 5.69 Å². The number of hydrogen-bond acceptors (Lipinski definition) is 2. The summed E-state index contributed by atoms with van der Waals surface area (Å²) in [6.07, 6.45) is 7.01. The first-order chi connectivity index (χ1) is 8.33. The van der Waals surface area contributed by atoms with E-state index in [1.165, 1.54) is 43.6 Å². The Morgan fingerprint density at radius 3 is 3.00 bits per heavy atom. The molecule has 0 saturated heterocycles. The molecule has 3 nitrogen and oxygen atoms in total. The lowest BCUT2D eigenvalue weighted by molar-refractivity contribution is 0.317. The van der Waals surface area contributed by atoms with E-state index in [9.17, 15) is 0 Å². The van der Waals surface area contributed by atoms with Crippen LogP contribution in [0.3, 0.4) is 0 Å². The van der Waals surface area contributed by atoms with Crippen molar-refractivity contribution in [1.82, 2.24) is 14.9 Å². The molecule has 2 aliphatic carbocycles. The highest BCUT2D eigenvalue weighted by atomic mass is 15.1. The molecular weight excluding hydrogens is 210 g/mol. The Bertz CT molecular complexity index is 449. The molecule has 3 heteroatoms. The largest absolute Gasteiger partial charge is 0.329 e. The predicted octanol–water partition coefficient (Wildman–Crippen LogP) is 2.20. The molecule has 1 aromatic heterocycles. The van der Waals surface area contributed by atoms with E-state index < -0.39 is 0 Å². The second kappa shape index (κ2) is 3.58. The maximum absolute atomic E-state index is 4.78. The second-order valence-electron chi connectivity index (χ2n) is 6.09. The second-order valence-corrected chi connectivity index (χ2v) is 6.09. The summed E-state index contributed by atoms with van der Waals surface area (Å²) in [5.41, 5.74) is 2.86. The van der Waals surface area contributed by atoms with Crippen LogP contribution in [0.1, 0.15) is 48.9 Å². The van der Waals surface area contributed by atoms with Gasteiger partial charge in [0.1, 0.15) is 5.82 Å². The minimum atomic E-state index is 0.781. The molecule has 0 radical (unpaired) electrons. The van der Waals surface area contributed by atoms with Crippen LogP contribution in [-0.4, -0.2) is 16.1 Å². The van der Waals surface area contributed by atoms with E-state index in [0.29, 0.717) is 0 Å². The number of aryl methyl sites for hydroxylation is 1. The summed E-state index contributed by atoms with van der Waals surface area (Å²) < 4.78 is 2.61. The minimum absolute atomic E-state index is 0.781. The molecule has 3 atom stereocenters. The number of hydrogen-bond donors (Lipinski definition) is 1. The predicted molar refractivity (Wildman–Crippen MR) is 66.9 cm³/mol. The van der Waals surface area contributed by atoms with Crippen LogP contribution in [0.4, 0.5) is 0 Å². The van der Waals surface area contributed by atoms with Crippen LogP contribution in [0.5, 0.6) is 0 Å². The summed E-state index contributed by atoms with van der Waals surface area (Å²) in [6, 6.07) is 0.781. The topological polar surface area (TPSA) is 29.9 Å². The smallest absolute Gasteiger partial charge is 0.106 e. The van der Waals surface area contributed by atoms with E-state index in [1.807, 2.05) is 0 Å². The van der Waals surface area contributed by atoms with E-state index in [-0.39, 0.29) is 0 Å². The molecule has 2 bridgehead atoms. The van der Waals surface area contributed by atoms with E-state index in [4.69, 9.17) is 4.98 Å². The number of rotatable bonds is 1.